The number of fused-ring (bicyclic) bond motifs is 3. The van der Waals surface area contributed by atoms with Gasteiger partial charge in [-0.3, -0.25) is 4.90 Å². The zero-order valence-corrected chi connectivity index (χ0v) is 22.8. The van der Waals surface area contributed by atoms with Gasteiger partial charge in [0.05, 0.1) is 10.6 Å². The van der Waals surface area contributed by atoms with E-state index in [1.165, 1.54) is 13.1 Å². The molecule has 3 aromatic rings. The number of ether oxygens (including phenoxy) is 2. The van der Waals surface area contributed by atoms with Gasteiger partial charge in [-0.15, -0.1) is 0 Å². The average molecular weight is 560 g/mol. The smallest absolute Gasteiger partial charge is 0.417 e. The maximum Gasteiger partial charge on any atom is 0.417 e. The van der Waals surface area contributed by atoms with Gasteiger partial charge >= 0.3 is 18.2 Å². The lowest BCUT2D eigenvalue weighted by molar-refractivity contribution is -0.160. The molecule has 1 aliphatic rings. The number of carbonyl (C=O) groups excluding carboxylic acids is 2. The molecule has 0 aliphatic heterocycles. The Morgan fingerprint density at radius 2 is 1.51 bits per heavy atom. The molecule has 1 aliphatic carbocycles. The van der Waals surface area contributed by atoms with Gasteiger partial charge in [0.2, 0.25) is 0 Å². The van der Waals surface area contributed by atoms with Crippen molar-refractivity contribution in [3.63, 3.8) is 0 Å². The number of amides is 1. The minimum atomic E-state index is -4.61. The second-order valence-electron chi connectivity index (χ2n) is 10.5. The summed E-state index contributed by atoms with van der Waals surface area (Å²) in [6, 6.07) is 17.9. The van der Waals surface area contributed by atoms with Crippen molar-refractivity contribution in [3.8, 4) is 11.1 Å². The van der Waals surface area contributed by atoms with Gasteiger partial charge in [0, 0.05) is 19.4 Å². The Hall–Kier alpha value is -3.52. The molecule has 1 amide bonds. The number of hydrogen-bond donors (Lipinski definition) is 0. The highest BCUT2D eigenvalue weighted by molar-refractivity contribution is 6.31. The van der Waals surface area contributed by atoms with Crippen molar-refractivity contribution in [3.05, 3.63) is 94.0 Å². The van der Waals surface area contributed by atoms with Gasteiger partial charge in [0.25, 0.3) is 0 Å². The van der Waals surface area contributed by atoms with Crippen LogP contribution in [0.15, 0.2) is 66.7 Å². The van der Waals surface area contributed by atoms with Crippen LogP contribution >= 0.6 is 11.6 Å². The molecule has 0 radical (unpaired) electrons. The molecule has 3 aromatic carbocycles. The first kappa shape index (κ1) is 28.5. The lowest BCUT2D eigenvalue weighted by Crippen LogP contribution is -2.47. The van der Waals surface area contributed by atoms with Crippen LogP contribution in [0.5, 0.6) is 0 Å². The fourth-order valence-corrected chi connectivity index (χ4v) is 5.02. The van der Waals surface area contributed by atoms with Crippen molar-refractivity contribution in [1.29, 1.82) is 0 Å². The van der Waals surface area contributed by atoms with Gasteiger partial charge in [-0.1, -0.05) is 66.2 Å². The molecule has 0 bridgehead atoms. The predicted molar refractivity (Wildman–Crippen MR) is 143 cm³/mol. The van der Waals surface area contributed by atoms with Crippen LogP contribution < -0.4 is 0 Å². The second-order valence-corrected chi connectivity index (χ2v) is 10.9. The minimum absolute atomic E-state index is 0.0460. The zero-order valence-electron chi connectivity index (χ0n) is 22.0. The predicted octanol–water partition coefficient (Wildman–Crippen LogP) is 7.49. The van der Waals surface area contributed by atoms with E-state index in [1.54, 1.807) is 20.8 Å². The van der Waals surface area contributed by atoms with E-state index in [-0.39, 0.29) is 18.9 Å². The number of alkyl halides is 3. The van der Waals surface area contributed by atoms with Gasteiger partial charge in [-0.2, -0.15) is 13.2 Å². The third-order valence-electron chi connectivity index (χ3n) is 6.54. The lowest BCUT2D eigenvalue weighted by Gasteiger charge is -2.30. The maximum absolute atomic E-state index is 13.2. The van der Waals surface area contributed by atoms with Crippen LogP contribution in [-0.4, -0.2) is 42.3 Å². The van der Waals surface area contributed by atoms with Gasteiger partial charge in [0.15, 0.2) is 0 Å². The van der Waals surface area contributed by atoms with E-state index in [9.17, 15) is 22.8 Å². The molecule has 5 nitrogen and oxygen atoms in total. The monoisotopic (exact) mass is 559 g/mol. The fraction of sp³-hybridized carbons (Fsp3) is 0.333. The summed E-state index contributed by atoms with van der Waals surface area (Å²) < 4.78 is 50.7. The normalized spacial score (nSPS) is 13.8. The molecule has 0 aromatic heterocycles. The van der Waals surface area contributed by atoms with Crippen LogP contribution in [-0.2, 0) is 26.9 Å². The molecule has 0 saturated carbocycles. The molecule has 206 valence electrons. The summed E-state index contributed by atoms with van der Waals surface area (Å²) in [6.07, 6.45) is -5.49. The quantitative estimate of drug-likeness (QED) is 0.294. The van der Waals surface area contributed by atoms with E-state index in [0.29, 0.717) is 5.56 Å². The van der Waals surface area contributed by atoms with Gasteiger partial charge < -0.3 is 9.47 Å². The first-order valence-corrected chi connectivity index (χ1v) is 12.8. The Balaban J connectivity index is 1.54. The number of esters is 1. The lowest BCUT2D eigenvalue weighted by atomic mass is 9.98. The van der Waals surface area contributed by atoms with Crippen LogP contribution in [0.4, 0.5) is 18.0 Å². The number of benzene rings is 3. The van der Waals surface area contributed by atoms with Crippen molar-refractivity contribution in [2.24, 2.45) is 0 Å². The summed E-state index contributed by atoms with van der Waals surface area (Å²) in [5.41, 5.74) is 2.74. The molecule has 39 heavy (non-hydrogen) atoms. The Kier molecular flexibility index (Phi) is 7.98. The average Bonchev–Trinajstić information content (AvgIpc) is 3.17. The Morgan fingerprint density at radius 1 is 0.949 bits per heavy atom. The van der Waals surface area contributed by atoms with Crippen molar-refractivity contribution in [2.45, 2.75) is 50.9 Å². The van der Waals surface area contributed by atoms with E-state index < -0.39 is 40.5 Å². The molecule has 0 fully saturated rings. The molecule has 0 N–H and O–H groups in total. The Morgan fingerprint density at radius 3 is 2.03 bits per heavy atom. The van der Waals surface area contributed by atoms with Crippen LogP contribution in [0.1, 0.15) is 48.9 Å². The SMILES string of the molecule is CN(C(=O)OCC1c2ccccc2-c2ccccc21)C(Cc1ccc(C(F)(F)F)c(Cl)c1)C(=O)OC(C)(C)C. The van der Waals surface area contributed by atoms with Crippen molar-refractivity contribution < 1.29 is 32.2 Å². The highest BCUT2D eigenvalue weighted by atomic mass is 35.5. The fourth-order valence-electron chi connectivity index (χ4n) is 4.71. The molecule has 1 unspecified atom stereocenters. The van der Waals surface area contributed by atoms with Crippen LogP contribution in [0.3, 0.4) is 0 Å². The summed E-state index contributed by atoms with van der Waals surface area (Å²) in [4.78, 5) is 27.4. The molecule has 0 heterocycles. The Labute approximate surface area is 230 Å². The van der Waals surface area contributed by atoms with Crippen LogP contribution in [0, 0.1) is 0 Å². The van der Waals surface area contributed by atoms with E-state index in [0.717, 1.165) is 39.3 Å². The molecular weight excluding hydrogens is 531 g/mol. The van der Waals surface area contributed by atoms with Crippen LogP contribution in [0.25, 0.3) is 11.1 Å². The second kappa shape index (κ2) is 10.9. The summed E-state index contributed by atoms with van der Waals surface area (Å²) in [5, 5.41) is -0.494. The van der Waals surface area contributed by atoms with Crippen molar-refractivity contribution in [2.75, 3.05) is 13.7 Å². The van der Waals surface area contributed by atoms with Crippen molar-refractivity contribution in [1.82, 2.24) is 4.90 Å². The molecule has 4 rings (SSSR count). The van der Waals surface area contributed by atoms with Gasteiger partial charge in [-0.05, 0) is 60.7 Å². The van der Waals surface area contributed by atoms with E-state index in [2.05, 4.69) is 0 Å². The summed E-state index contributed by atoms with van der Waals surface area (Å²) in [6.45, 7) is 5.10. The summed E-state index contributed by atoms with van der Waals surface area (Å²) in [5.74, 6) is -0.891. The number of nitrogens with zero attached hydrogens (tertiary/aromatic N) is 1. The number of hydrogen-bond acceptors (Lipinski definition) is 4. The molecular formula is C30H29ClF3NO4. The number of halogens is 4. The molecule has 9 heteroatoms. The summed E-state index contributed by atoms with van der Waals surface area (Å²) >= 11 is 5.89. The van der Waals surface area contributed by atoms with Crippen LogP contribution in [0.2, 0.25) is 5.02 Å². The highest BCUT2D eigenvalue weighted by Gasteiger charge is 2.36. The molecule has 0 saturated heterocycles. The topological polar surface area (TPSA) is 55.8 Å². The van der Waals surface area contributed by atoms with Gasteiger partial charge in [-0.25, -0.2) is 9.59 Å². The summed E-state index contributed by atoms with van der Waals surface area (Å²) in [7, 11) is 1.40. The standard InChI is InChI=1S/C30H29ClF3NO4/c1-29(2,3)39-27(36)26(16-18-13-14-24(25(31)15-18)30(32,33)34)35(4)28(37)38-17-23-21-11-7-5-9-19(21)20-10-6-8-12-22(20)23/h5-15,23,26H,16-17H2,1-4H3. The van der Waals surface area contributed by atoms with E-state index in [1.807, 2.05) is 48.5 Å². The number of carbonyl (C=O) groups is 2. The molecule has 0 spiro atoms. The minimum Gasteiger partial charge on any atom is -0.458 e. The van der Waals surface area contributed by atoms with Crippen molar-refractivity contribution >= 4 is 23.7 Å². The van der Waals surface area contributed by atoms with Gasteiger partial charge in [0.1, 0.15) is 18.2 Å². The largest absolute Gasteiger partial charge is 0.458 e. The maximum atomic E-state index is 13.2. The zero-order chi connectivity index (χ0) is 28.5. The number of likely N-dealkylation sites (N-methyl/N-ethyl adjacent to an activating group) is 1. The molecule has 1 atom stereocenters. The highest BCUT2D eigenvalue weighted by Crippen LogP contribution is 2.44. The third kappa shape index (κ3) is 6.38. The number of rotatable bonds is 6. The van der Waals surface area contributed by atoms with E-state index >= 15 is 0 Å². The third-order valence-corrected chi connectivity index (χ3v) is 6.85. The van der Waals surface area contributed by atoms with E-state index in [4.69, 9.17) is 21.1 Å². The first-order valence-electron chi connectivity index (χ1n) is 12.4. The first-order chi connectivity index (χ1) is 18.3. The Bertz CT molecular complexity index is 1340.